The molecule has 1 aromatic heterocycles. The van der Waals surface area contributed by atoms with Crippen LogP contribution in [0.3, 0.4) is 0 Å². The van der Waals surface area contributed by atoms with E-state index in [0.717, 1.165) is 11.3 Å². The van der Waals surface area contributed by atoms with E-state index in [1.165, 1.54) is 33.0 Å². The van der Waals surface area contributed by atoms with Crippen LogP contribution in [0.15, 0.2) is 80.1 Å². The highest BCUT2D eigenvalue weighted by molar-refractivity contribution is 9.10. The Labute approximate surface area is 259 Å². The summed E-state index contributed by atoms with van der Waals surface area (Å²) in [6.45, 7) is 1.73. The van der Waals surface area contributed by atoms with Gasteiger partial charge in [-0.25, -0.2) is 4.99 Å². The normalized spacial score (nSPS) is 14.6. The van der Waals surface area contributed by atoms with Gasteiger partial charge in [0.1, 0.15) is 0 Å². The van der Waals surface area contributed by atoms with Crippen LogP contribution in [-0.4, -0.2) is 44.0 Å². The number of amides is 1. The standard InChI is InChI=1S/C31H28BrN3O7S/c1-16-25(29(37)34-20-9-7-6-8-10-20)26(17-12-22(40-3)28(42-5)23(13-17)41-4)35-30(38)24(43-31(35)33-16)14-18-11-19(32)15-21(39-2)27(18)36/h6-15,26,36H,1-5H3,(H,34,37)/b24-14-/t26-/m1/s1. The first-order valence-corrected chi connectivity index (χ1v) is 14.6. The molecule has 222 valence electrons. The number of aromatic hydroxyl groups is 1. The van der Waals surface area contributed by atoms with Crippen molar-refractivity contribution in [2.45, 2.75) is 13.0 Å². The molecule has 1 atom stereocenters. The Balaban J connectivity index is 1.76. The summed E-state index contributed by atoms with van der Waals surface area (Å²) in [6, 6.07) is 14.8. The number of phenols is 1. The molecule has 0 aliphatic carbocycles. The van der Waals surface area contributed by atoms with Gasteiger partial charge in [-0.05, 0) is 55.0 Å². The Kier molecular flexibility index (Phi) is 8.60. The number of halogens is 1. The number of fused-ring (bicyclic) bond motifs is 1. The summed E-state index contributed by atoms with van der Waals surface area (Å²) >= 11 is 4.56. The third-order valence-electron chi connectivity index (χ3n) is 6.88. The van der Waals surface area contributed by atoms with Crippen LogP contribution in [-0.2, 0) is 4.79 Å². The van der Waals surface area contributed by atoms with Crippen molar-refractivity contribution in [1.82, 2.24) is 4.57 Å². The molecule has 10 nitrogen and oxygen atoms in total. The van der Waals surface area contributed by atoms with Crippen molar-refractivity contribution in [3.63, 3.8) is 0 Å². The van der Waals surface area contributed by atoms with Gasteiger partial charge in [0.2, 0.25) is 5.75 Å². The minimum atomic E-state index is -0.901. The molecule has 12 heteroatoms. The van der Waals surface area contributed by atoms with Crippen LogP contribution in [0.5, 0.6) is 28.7 Å². The molecule has 2 heterocycles. The van der Waals surface area contributed by atoms with Crippen LogP contribution in [0.2, 0.25) is 0 Å². The molecule has 43 heavy (non-hydrogen) atoms. The molecule has 2 N–H and O–H groups in total. The molecule has 1 aliphatic heterocycles. The quantitative estimate of drug-likeness (QED) is 0.287. The Hall–Kier alpha value is -4.55. The number of methoxy groups -OCH3 is 4. The molecule has 0 radical (unpaired) electrons. The van der Waals surface area contributed by atoms with Crippen molar-refractivity contribution >= 4 is 44.9 Å². The maximum absolute atomic E-state index is 14.1. The van der Waals surface area contributed by atoms with Crippen molar-refractivity contribution in [3.05, 3.63) is 101 Å². The molecular weight excluding hydrogens is 638 g/mol. The highest BCUT2D eigenvalue weighted by Crippen LogP contribution is 2.42. The fourth-order valence-electron chi connectivity index (χ4n) is 4.91. The van der Waals surface area contributed by atoms with Gasteiger partial charge in [0.15, 0.2) is 27.8 Å². The topological polar surface area (TPSA) is 121 Å². The highest BCUT2D eigenvalue weighted by atomic mass is 79.9. The maximum atomic E-state index is 14.1. The van der Waals surface area contributed by atoms with Crippen molar-refractivity contribution in [2.24, 2.45) is 4.99 Å². The smallest absolute Gasteiger partial charge is 0.271 e. The molecule has 1 aliphatic rings. The fourth-order valence-corrected chi connectivity index (χ4v) is 6.40. The number of hydrogen-bond donors (Lipinski definition) is 2. The van der Waals surface area contributed by atoms with E-state index in [1.54, 1.807) is 49.4 Å². The lowest BCUT2D eigenvalue weighted by atomic mass is 9.94. The summed E-state index contributed by atoms with van der Waals surface area (Å²) in [5, 5.41) is 13.7. The number of phenolic OH excluding ortho intramolecular Hbond substituents is 1. The first kappa shape index (κ1) is 29.9. The maximum Gasteiger partial charge on any atom is 0.271 e. The zero-order chi connectivity index (χ0) is 30.8. The summed E-state index contributed by atoms with van der Waals surface area (Å²) in [5.74, 6) is 0.813. The van der Waals surface area contributed by atoms with Crippen molar-refractivity contribution in [2.75, 3.05) is 33.8 Å². The minimum Gasteiger partial charge on any atom is -0.504 e. The molecule has 0 spiro atoms. The van der Waals surface area contributed by atoms with Gasteiger partial charge >= 0.3 is 0 Å². The Morgan fingerprint density at radius 3 is 2.26 bits per heavy atom. The van der Waals surface area contributed by atoms with E-state index in [2.05, 4.69) is 26.2 Å². The van der Waals surface area contributed by atoms with Crippen LogP contribution in [0.4, 0.5) is 5.69 Å². The van der Waals surface area contributed by atoms with E-state index < -0.39 is 17.5 Å². The summed E-state index contributed by atoms with van der Waals surface area (Å²) in [5.41, 5.74) is 1.81. The van der Waals surface area contributed by atoms with Crippen molar-refractivity contribution in [1.29, 1.82) is 0 Å². The van der Waals surface area contributed by atoms with Gasteiger partial charge < -0.3 is 29.4 Å². The number of carbonyl (C=O) groups is 1. The average molecular weight is 667 g/mol. The van der Waals surface area contributed by atoms with Gasteiger partial charge in [-0.2, -0.15) is 0 Å². The second-order valence-corrected chi connectivity index (χ2v) is 11.3. The predicted molar refractivity (Wildman–Crippen MR) is 167 cm³/mol. The molecule has 0 fully saturated rings. The van der Waals surface area contributed by atoms with E-state index in [9.17, 15) is 14.7 Å². The number of nitrogens with one attached hydrogen (secondary N) is 1. The summed E-state index contributed by atoms with van der Waals surface area (Å²) < 4.78 is 24.4. The van der Waals surface area contributed by atoms with E-state index >= 15 is 0 Å². The SMILES string of the molecule is COc1cc(Br)cc(/C=c2\sc3n(c2=O)[C@H](c2cc(OC)c(OC)c(OC)c2)C(C(=O)Nc2ccccc2)=C(C)N=3)c1O. The monoisotopic (exact) mass is 665 g/mol. The van der Waals surface area contributed by atoms with Gasteiger partial charge in [0.05, 0.1) is 50.3 Å². The first-order valence-electron chi connectivity index (χ1n) is 13.0. The van der Waals surface area contributed by atoms with E-state index in [0.29, 0.717) is 53.6 Å². The van der Waals surface area contributed by atoms with Gasteiger partial charge in [-0.15, -0.1) is 0 Å². The van der Waals surface area contributed by atoms with Gasteiger partial charge in [-0.3, -0.25) is 14.2 Å². The molecule has 1 amide bonds. The summed E-state index contributed by atoms with van der Waals surface area (Å²) in [6.07, 6.45) is 1.57. The lowest BCUT2D eigenvalue weighted by Gasteiger charge is -2.26. The van der Waals surface area contributed by atoms with Crippen LogP contribution in [0.1, 0.15) is 24.1 Å². The van der Waals surface area contributed by atoms with Crippen LogP contribution in [0, 0.1) is 0 Å². The molecule has 0 saturated carbocycles. The van der Waals surface area contributed by atoms with Crippen LogP contribution < -0.4 is 39.2 Å². The lowest BCUT2D eigenvalue weighted by Crippen LogP contribution is -2.40. The van der Waals surface area contributed by atoms with Crippen molar-refractivity contribution < 1.29 is 28.8 Å². The Morgan fingerprint density at radius 1 is 1.00 bits per heavy atom. The first-order chi connectivity index (χ1) is 20.7. The number of carbonyl (C=O) groups excluding carboxylic acids is 1. The van der Waals surface area contributed by atoms with Crippen LogP contribution >= 0.6 is 27.3 Å². The van der Waals surface area contributed by atoms with Gasteiger partial charge in [0.25, 0.3) is 11.5 Å². The van der Waals surface area contributed by atoms with E-state index in [4.69, 9.17) is 18.9 Å². The number of hydrogen-bond acceptors (Lipinski definition) is 9. The molecule has 3 aromatic carbocycles. The van der Waals surface area contributed by atoms with Crippen LogP contribution in [0.25, 0.3) is 6.08 Å². The molecule has 4 aromatic rings. The number of allylic oxidation sites excluding steroid dienone is 1. The predicted octanol–water partition coefficient (Wildman–Crippen LogP) is 4.38. The number of para-hydroxylation sites is 1. The zero-order valence-electron chi connectivity index (χ0n) is 23.9. The Bertz CT molecular complexity index is 1910. The zero-order valence-corrected chi connectivity index (χ0v) is 26.3. The summed E-state index contributed by atoms with van der Waals surface area (Å²) in [7, 11) is 5.93. The number of nitrogens with zero attached hydrogens (tertiary/aromatic N) is 2. The third kappa shape index (κ3) is 5.63. The van der Waals surface area contributed by atoms with E-state index in [-0.39, 0.29) is 17.1 Å². The largest absolute Gasteiger partial charge is 0.504 e. The third-order valence-corrected chi connectivity index (χ3v) is 8.32. The molecule has 5 rings (SSSR count). The second-order valence-electron chi connectivity index (χ2n) is 9.41. The second kappa shape index (κ2) is 12.4. The average Bonchev–Trinajstić information content (AvgIpc) is 3.31. The number of benzene rings is 3. The summed E-state index contributed by atoms with van der Waals surface area (Å²) in [4.78, 5) is 33.1. The number of rotatable bonds is 8. The molecule has 0 bridgehead atoms. The fraction of sp³-hybridized carbons (Fsp3) is 0.194. The van der Waals surface area contributed by atoms with Crippen molar-refractivity contribution in [3.8, 4) is 28.7 Å². The number of ether oxygens (including phenoxy) is 4. The van der Waals surface area contributed by atoms with E-state index in [1.807, 2.05) is 18.2 Å². The van der Waals surface area contributed by atoms with Gasteiger partial charge in [0, 0.05) is 15.7 Å². The van der Waals surface area contributed by atoms with Gasteiger partial charge in [-0.1, -0.05) is 45.5 Å². The number of aromatic nitrogens is 1. The lowest BCUT2D eigenvalue weighted by molar-refractivity contribution is -0.113. The number of thiazole rings is 1. The Morgan fingerprint density at radius 2 is 1.65 bits per heavy atom. The molecule has 0 unspecified atom stereocenters. The molecular formula is C31H28BrN3O7S. The number of anilines is 1. The highest BCUT2D eigenvalue weighted by Gasteiger charge is 2.34. The molecule has 0 saturated heterocycles. The minimum absolute atomic E-state index is 0.114.